The Morgan fingerprint density at radius 2 is 1.64 bits per heavy atom. The van der Waals surface area contributed by atoms with Crippen molar-refractivity contribution in [3.05, 3.63) is 0 Å². The van der Waals surface area contributed by atoms with Crippen LogP contribution in [0.4, 0.5) is 0 Å². The van der Waals surface area contributed by atoms with Gasteiger partial charge in [0, 0.05) is 7.11 Å². The van der Waals surface area contributed by atoms with Crippen LogP contribution in [0.15, 0.2) is 0 Å². The SMILES string of the molecule is COP(=O)(O)CCP(=O)(O)O. The van der Waals surface area contributed by atoms with Crippen molar-refractivity contribution in [3.8, 4) is 0 Å². The Labute approximate surface area is 63.9 Å². The Hall–Kier alpha value is 0.300. The molecular formula is C3H10O6P2. The predicted molar refractivity (Wildman–Crippen MR) is 38.6 cm³/mol. The molecule has 0 rings (SSSR count). The van der Waals surface area contributed by atoms with Crippen molar-refractivity contribution in [2.75, 3.05) is 19.4 Å². The van der Waals surface area contributed by atoms with E-state index in [1.54, 1.807) is 0 Å². The Bertz CT molecular complexity index is 206. The van der Waals surface area contributed by atoms with Gasteiger partial charge in [-0.2, -0.15) is 0 Å². The van der Waals surface area contributed by atoms with E-state index in [0.717, 1.165) is 7.11 Å². The topological polar surface area (TPSA) is 104 Å². The molecule has 0 aromatic carbocycles. The highest BCUT2D eigenvalue weighted by atomic mass is 31.2. The molecule has 0 bridgehead atoms. The maximum Gasteiger partial charge on any atom is 0.328 e. The average Bonchev–Trinajstić information content (AvgIpc) is 1.83. The van der Waals surface area contributed by atoms with E-state index in [0.29, 0.717) is 0 Å². The summed E-state index contributed by atoms with van der Waals surface area (Å²) in [5.74, 6) is 0. The zero-order valence-electron chi connectivity index (χ0n) is 5.88. The summed E-state index contributed by atoms with van der Waals surface area (Å²) in [7, 11) is -6.94. The Kier molecular flexibility index (Phi) is 3.91. The molecule has 0 saturated carbocycles. The van der Waals surface area contributed by atoms with Gasteiger partial charge >= 0.3 is 15.2 Å². The second-order valence-electron chi connectivity index (χ2n) is 1.93. The average molecular weight is 204 g/mol. The van der Waals surface area contributed by atoms with Gasteiger partial charge in [-0.05, 0) is 0 Å². The first-order valence-corrected chi connectivity index (χ1v) is 6.25. The normalized spacial score (nSPS) is 17.8. The van der Waals surface area contributed by atoms with Crippen molar-refractivity contribution in [1.29, 1.82) is 0 Å². The molecule has 0 aliphatic carbocycles. The summed E-state index contributed by atoms with van der Waals surface area (Å²) in [6.45, 7) is 0. The first-order valence-electron chi connectivity index (χ1n) is 2.69. The van der Waals surface area contributed by atoms with E-state index in [-0.39, 0.29) is 0 Å². The van der Waals surface area contributed by atoms with Gasteiger partial charge in [0.15, 0.2) is 0 Å². The molecule has 1 atom stereocenters. The fraction of sp³-hybridized carbons (Fsp3) is 1.00. The molecule has 0 radical (unpaired) electrons. The third kappa shape index (κ3) is 6.69. The molecule has 0 heterocycles. The molecule has 68 valence electrons. The summed E-state index contributed by atoms with van der Waals surface area (Å²) in [5.41, 5.74) is 0. The molecule has 0 amide bonds. The van der Waals surface area contributed by atoms with Crippen LogP contribution in [0.25, 0.3) is 0 Å². The molecule has 0 aliphatic rings. The van der Waals surface area contributed by atoms with Crippen molar-refractivity contribution in [2.45, 2.75) is 0 Å². The zero-order valence-corrected chi connectivity index (χ0v) is 7.66. The summed E-state index contributed by atoms with van der Waals surface area (Å²) in [4.78, 5) is 25.3. The van der Waals surface area contributed by atoms with Crippen LogP contribution in [0.2, 0.25) is 0 Å². The monoisotopic (exact) mass is 204 g/mol. The van der Waals surface area contributed by atoms with Gasteiger partial charge < -0.3 is 19.2 Å². The Balaban J connectivity index is 3.91. The van der Waals surface area contributed by atoms with E-state index in [1.807, 2.05) is 0 Å². The molecule has 11 heavy (non-hydrogen) atoms. The van der Waals surface area contributed by atoms with E-state index < -0.39 is 27.5 Å². The van der Waals surface area contributed by atoms with E-state index in [9.17, 15) is 9.13 Å². The second kappa shape index (κ2) is 3.81. The summed E-state index contributed by atoms with van der Waals surface area (Å²) in [5, 5.41) is 0. The highest BCUT2D eigenvalue weighted by Crippen LogP contribution is 2.45. The molecule has 3 N–H and O–H groups in total. The molecule has 0 saturated heterocycles. The first kappa shape index (κ1) is 11.3. The molecule has 0 aromatic heterocycles. The lowest BCUT2D eigenvalue weighted by Crippen LogP contribution is -1.97. The van der Waals surface area contributed by atoms with Gasteiger partial charge in [-0.15, -0.1) is 0 Å². The van der Waals surface area contributed by atoms with Crippen molar-refractivity contribution < 1.29 is 28.3 Å². The maximum absolute atomic E-state index is 10.6. The molecule has 8 heteroatoms. The van der Waals surface area contributed by atoms with Crippen LogP contribution in [0.3, 0.4) is 0 Å². The highest BCUT2D eigenvalue weighted by Gasteiger charge is 2.23. The lowest BCUT2D eigenvalue weighted by molar-refractivity contribution is 0.314. The highest BCUT2D eigenvalue weighted by molar-refractivity contribution is 7.56. The van der Waals surface area contributed by atoms with Crippen LogP contribution < -0.4 is 0 Å². The van der Waals surface area contributed by atoms with Crippen molar-refractivity contribution in [3.63, 3.8) is 0 Å². The number of rotatable bonds is 4. The molecule has 0 aromatic rings. The van der Waals surface area contributed by atoms with Crippen LogP contribution in [0.1, 0.15) is 0 Å². The largest absolute Gasteiger partial charge is 0.328 e. The molecule has 0 fully saturated rings. The molecule has 0 aliphatic heterocycles. The smallest absolute Gasteiger partial charge is 0.324 e. The van der Waals surface area contributed by atoms with Crippen molar-refractivity contribution in [1.82, 2.24) is 0 Å². The predicted octanol–water partition coefficient (Wildman–Crippen LogP) is -0.00410. The van der Waals surface area contributed by atoms with E-state index in [4.69, 9.17) is 14.7 Å². The van der Waals surface area contributed by atoms with E-state index >= 15 is 0 Å². The summed E-state index contributed by atoms with van der Waals surface area (Å²) < 4.78 is 24.9. The fourth-order valence-corrected chi connectivity index (χ4v) is 2.58. The third-order valence-corrected chi connectivity index (χ3v) is 3.48. The standard InChI is InChI=1S/C3H10O6P2/c1-9-11(7,8)3-2-10(4,5)6/h2-3H2,1H3,(H,7,8)(H2,4,5,6). The number of hydrogen-bond donors (Lipinski definition) is 3. The summed E-state index contributed by atoms with van der Waals surface area (Å²) in [6.07, 6.45) is -1.15. The molecule has 0 spiro atoms. The van der Waals surface area contributed by atoms with Gasteiger partial charge in [0.1, 0.15) is 0 Å². The lowest BCUT2D eigenvalue weighted by Gasteiger charge is -2.08. The van der Waals surface area contributed by atoms with Crippen LogP contribution >= 0.6 is 15.2 Å². The Morgan fingerprint density at radius 1 is 1.18 bits per heavy atom. The second-order valence-corrected chi connectivity index (χ2v) is 5.80. The minimum Gasteiger partial charge on any atom is -0.324 e. The van der Waals surface area contributed by atoms with Crippen molar-refractivity contribution >= 4 is 15.2 Å². The van der Waals surface area contributed by atoms with Gasteiger partial charge in [-0.3, -0.25) is 9.13 Å². The van der Waals surface area contributed by atoms with Crippen LogP contribution in [-0.2, 0) is 13.7 Å². The molecular weight excluding hydrogens is 194 g/mol. The quantitative estimate of drug-likeness (QED) is 0.556. The third-order valence-electron chi connectivity index (χ3n) is 0.959. The maximum atomic E-state index is 10.6. The zero-order chi connectivity index (χ0) is 9.12. The summed E-state index contributed by atoms with van der Waals surface area (Å²) in [6, 6.07) is 0. The van der Waals surface area contributed by atoms with Crippen LogP contribution in [0.5, 0.6) is 0 Å². The minimum atomic E-state index is -4.19. The van der Waals surface area contributed by atoms with E-state index in [2.05, 4.69) is 4.52 Å². The molecule has 1 unspecified atom stereocenters. The van der Waals surface area contributed by atoms with Crippen LogP contribution in [0, 0.1) is 0 Å². The Morgan fingerprint density at radius 3 is 1.91 bits per heavy atom. The van der Waals surface area contributed by atoms with Gasteiger partial charge in [-0.1, -0.05) is 0 Å². The fourth-order valence-electron chi connectivity index (χ4n) is 0.348. The summed E-state index contributed by atoms with van der Waals surface area (Å²) >= 11 is 0. The van der Waals surface area contributed by atoms with Crippen LogP contribution in [-0.4, -0.2) is 34.1 Å². The van der Waals surface area contributed by atoms with Gasteiger partial charge in [0.2, 0.25) is 0 Å². The van der Waals surface area contributed by atoms with E-state index in [1.165, 1.54) is 0 Å². The van der Waals surface area contributed by atoms with Gasteiger partial charge in [-0.25, -0.2) is 0 Å². The molecule has 6 nitrogen and oxygen atoms in total. The first-order chi connectivity index (χ1) is 4.77. The number of hydrogen-bond acceptors (Lipinski definition) is 3. The minimum absolute atomic E-state index is 0.520. The lowest BCUT2D eigenvalue weighted by atomic mass is 11.0. The van der Waals surface area contributed by atoms with Crippen molar-refractivity contribution in [2.24, 2.45) is 0 Å². The van der Waals surface area contributed by atoms with Gasteiger partial charge in [0.25, 0.3) is 0 Å². The van der Waals surface area contributed by atoms with Gasteiger partial charge in [0.05, 0.1) is 12.3 Å².